The Bertz CT molecular complexity index is 518. The van der Waals surface area contributed by atoms with Gasteiger partial charge in [-0.2, -0.15) is 0 Å². The third-order valence-electron chi connectivity index (χ3n) is 3.35. The second kappa shape index (κ2) is 5.97. The minimum absolute atomic E-state index is 0.00354. The number of aryl methyl sites for hydroxylation is 1. The molecular formula is C13H18N2O4. The van der Waals surface area contributed by atoms with Gasteiger partial charge in [-0.25, -0.2) is 9.78 Å². The molecule has 0 aromatic carbocycles. The first-order valence-electron chi connectivity index (χ1n) is 6.55. The lowest BCUT2D eigenvalue weighted by atomic mass is 9.93. The highest BCUT2D eigenvalue weighted by Crippen LogP contribution is 2.26. The number of nitrogens with zero attached hydrogens (tertiary/aromatic N) is 2. The molecule has 2 heterocycles. The Balaban J connectivity index is 2.45. The van der Waals surface area contributed by atoms with Gasteiger partial charge >= 0.3 is 5.97 Å². The largest absolute Gasteiger partial charge is 0.477 e. The summed E-state index contributed by atoms with van der Waals surface area (Å²) in [5.41, 5.74) is -0.221. The summed E-state index contributed by atoms with van der Waals surface area (Å²) in [5, 5.41) is 9.29. The van der Waals surface area contributed by atoms with Crippen LogP contribution >= 0.6 is 0 Å². The van der Waals surface area contributed by atoms with E-state index < -0.39 is 11.5 Å². The maximum absolute atomic E-state index is 12.2. The SMILES string of the molecule is CCCn1cnc(C2CCOCC2)c(C(=O)O)c1=O. The van der Waals surface area contributed by atoms with Crippen molar-refractivity contribution in [3.8, 4) is 0 Å². The molecule has 0 atom stereocenters. The van der Waals surface area contributed by atoms with Crippen LogP contribution in [-0.4, -0.2) is 33.8 Å². The van der Waals surface area contributed by atoms with E-state index in [0.29, 0.717) is 38.3 Å². The van der Waals surface area contributed by atoms with Gasteiger partial charge in [-0.1, -0.05) is 6.92 Å². The van der Waals surface area contributed by atoms with Gasteiger partial charge in [-0.3, -0.25) is 9.36 Å². The first-order chi connectivity index (χ1) is 9.15. The lowest BCUT2D eigenvalue weighted by molar-refractivity contribution is 0.0679. The zero-order valence-corrected chi connectivity index (χ0v) is 11.0. The fourth-order valence-corrected chi connectivity index (χ4v) is 2.38. The van der Waals surface area contributed by atoms with Crippen LogP contribution in [-0.2, 0) is 11.3 Å². The summed E-state index contributed by atoms with van der Waals surface area (Å²) in [4.78, 5) is 27.8. The van der Waals surface area contributed by atoms with Gasteiger partial charge in [0.25, 0.3) is 5.56 Å². The lowest BCUT2D eigenvalue weighted by Crippen LogP contribution is -2.31. The maximum Gasteiger partial charge on any atom is 0.343 e. The van der Waals surface area contributed by atoms with Gasteiger partial charge in [0.1, 0.15) is 5.56 Å². The van der Waals surface area contributed by atoms with Crippen molar-refractivity contribution in [1.29, 1.82) is 0 Å². The monoisotopic (exact) mass is 266 g/mol. The smallest absolute Gasteiger partial charge is 0.343 e. The molecule has 104 valence electrons. The standard InChI is InChI=1S/C13H18N2O4/c1-2-5-15-8-14-11(9-3-6-19-7-4-9)10(12(15)16)13(17)18/h8-9H,2-7H2,1H3,(H,17,18). The molecule has 0 radical (unpaired) electrons. The van der Waals surface area contributed by atoms with E-state index in [4.69, 9.17) is 4.74 Å². The van der Waals surface area contributed by atoms with Gasteiger partial charge in [0, 0.05) is 25.7 Å². The van der Waals surface area contributed by atoms with Crippen LogP contribution in [0.1, 0.15) is 48.2 Å². The van der Waals surface area contributed by atoms with Crippen molar-refractivity contribution in [3.05, 3.63) is 27.9 Å². The van der Waals surface area contributed by atoms with Gasteiger partial charge in [0.05, 0.1) is 12.0 Å². The van der Waals surface area contributed by atoms with Crippen LogP contribution in [0, 0.1) is 0 Å². The van der Waals surface area contributed by atoms with Crippen molar-refractivity contribution in [2.45, 2.75) is 38.6 Å². The Morgan fingerprint density at radius 3 is 2.79 bits per heavy atom. The van der Waals surface area contributed by atoms with E-state index in [1.165, 1.54) is 10.9 Å². The molecule has 0 bridgehead atoms. The Hall–Kier alpha value is -1.69. The van der Waals surface area contributed by atoms with Crippen LogP contribution in [0.5, 0.6) is 0 Å². The van der Waals surface area contributed by atoms with Crippen LogP contribution in [0.15, 0.2) is 11.1 Å². The molecule has 2 rings (SSSR count). The molecule has 1 fully saturated rings. The van der Waals surface area contributed by atoms with E-state index in [9.17, 15) is 14.7 Å². The van der Waals surface area contributed by atoms with E-state index in [-0.39, 0.29) is 11.5 Å². The molecule has 1 aliphatic heterocycles. The van der Waals surface area contributed by atoms with Crippen molar-refractivity contribution < 1.29 is 14.6 Å². The van der Waals surface area contributed by atoms with Crippen molar-refractivity contribution in [2.24, 2.45) is 0 Å². The molecule has 19 heavy (non-hydrogen) atoms. The summed E-state index contributed by atoms with van der Waals surface area (Å²) in [6.45, 7) is 3.59. The summed E-state index contributed by atoms with van der Waals surface area (Å²) < 4.78 is 6.62. The first kappa shape index (κ1) is 13.7. The molecular weight excluding hydrogens is 248 g/mol. The second-order valence-electron chi connectivity index (χ2n) is 4.70. The van der Waals surface area contributed by atoms with E-state index in [1.54, 1.807) is 0 Å². The Kier molecular flexibility index (Phi) is 4.31. The molecule has 1 aliphatic rings. The number of aromatic nitrogens is 2. The van der Waals surface area contributed by atoms with Gasteiger partial charge < -0.3 is 9.84 Å². The highest BCUT2D eigenvalue weighted by Gasteiger charge is 2.26. The Morgan fingerprint density at radius 1 is 1.53 bits per heavy atom. The molecule has 6 nitrogen and oxygen atoms in total. The van der Waals surface area contributed by atoms with Crippen molar-refractivity contribution >= 4 is 5.97 Å². The number of hydrogen-bond donors (Lipinski definition) is 1. The van der Waals surface area contributed by atoms with Crippen LogP contribution in [0.2, 0.25) is 0 Å². The Labute approximate surface area is 111 Å². The lowest BCUT2D eigenvalue weighted by Gasteiger charge is -2.22. The number of carboxylic acid groups (broad SMARTS) is 1. The van der Waals surface area contributed by atoms with Crippen molar-refractivity contribution in [1.82, 2.24) is 9.55 Å². The summed E-state index contributed by atoms with van der Waals surface area (Å²) in [7, 11) is 0. The first-order valence-corrected chi connectivity index (χ1v) is 6.55. The zero-order valence-electron chi connectivity index (χ0n) is 11.0. The number of carboxylic acids is 1. The number of hydrogen-bond acceptors (Lipinski definition) is 4. The molecule has 1 N–H and O–H groups in total. The van der Waals surface area contributed by atoms with Crippen LogP contribution in [0.25, 0.3) is 0 Å². The van der Waals surface area contributed by atoms with E-state index in [2.05, 4.69) is 4.98 Å². The quantitative estimate of drug-likeness (QED) is 0.886. The normalized spacial score (nSPS) is 16.5. The fraction of sp³-hybridized carbons (Fsp3) is 0.615. The fourth-order valence-electron chi connectivity index (χ4n) is 2.38. The van der Waals surface area contributed by atoms with E-state index in [1.807, 2.05) is 6.92 Å². The average Bonchev–Trinajstić information content (AvgIpc) is 2.41. The van der Waals surface area contributed by atoms with Crippen LogP contribution < -0.4 is 5.56 Å². The third kappa shape index (κ3) is 2.84. The Morgan fingerprint density at radius 2 is 2.21 bits per heavy atom. The summed E-state index contributed by atoms with van der Waals surface area (Å²) >= 11 is 0. The highest BCUT2D eigenvalue weighted by atomic mass is 16.5. The number of aromatic carboxylic acids is 1. The van der Waals surface area contributed by atoms with Gasteiger partial charge in [0.2, 0.25) is 0 Å². The number of ether oxygens (including phenoxy) is 1. The summed E-state index contributed by atoms with van der Waals surface area (Å²) in [5.74, 6) is -1.19. The maximum atomic E-state index is 12.2. The van der Waals surface area contributed by atoms with Gasteiger partial charge in [0.15, 0.2) is 0 Å². The predicted octanol–water partition coefficient (Wildman–Crippen LogP) is 1.25. The minimum Gasteiger partial charge on any atom is -0.477 e. The zero-order chi connectivity index (χ0) is 13.8. The second-order valence-corrected chi connectivity index (χ2v) is 4.70. The molecule has 1 aromatic heterocycles. The topological polar surface area (TPSA) is 81.4 Å². The molecule has 0 amide bonds. The molecule has 0 aliphatic carbocycles. The van der Waals surface area contributed by atoms with Crippen molar-refractivity contribution in [3.63, 3.8) is 0 Å². The van der Waals surface area contributed by atoms with E-state index >= 15 is 0 Å². The van der Waals surface area contributed by atoms with Crippen LogP contribution in [0.4, 0.5) is 0 Å². The summed E-state index contributed by atoms with van der Waals surface area (Å²) in [6, 6.07) is 0. The molecule has 0 unspecified atom stereocenters. The minimum atomic E-state index is -1.19. The van der Waals surface area contributed by atoms with Crippen molar-refractivity contribution in [2.75, 3.05) is 13.2 Å². The molecule has 0 spiro atoms. The highest BCUT2D eigenvalue weighted by molar-refractivity contribution is 5.88. The molecule has 6 heteroatoms. The predicted molar refractivity (Wildman–Crippen MR) is 68.5 cm³/mol. The third-order valence-corrected chi connectivity index (χ3v) is 3.35. The summed E-state index contributed by atoms with van der Waals surface area (Å²) in [6.07, 6.45) is 3.65. The molecule has 1 aromatic rings. The van der Waals surface area contributed by atoms with Gasteiger partial charge in [-0.05, 0) is 19.3 Å². The number of carbonyl (C=O) groups is 1. The average molecular weight is 266 g/mol. The molecule has 1 saturated heterocycles. The number of rotatable bonds is 4. The molecule has 0 saturated carbocycles. The van der Waals surface area contributed by atoms with E-state index in [0.717, 1.165) is 6.42 Å². The van der Waals surface area contributed by atoms with Crippen LogP contribution in [0.3, 0.4) is 0 Å². The van der Waals surface area contributed by atoms with Gasteiger partial charge in [-0.15, -0.1) is 0 Å².